The smallest absolute Gasteiger partial charge is 0.375 e. The van der Waals surface area contributed by atoms with E-state index in [2.05, 4.69) is 5.32 Å². The monoisotopic (exact) mass is 361 g/mol. The molecule has 2 aromatic carbocycles. The van der Waals surface area contributed by atoms with Crippen LogP contribution in [0.1, 0.15) is 17.5 Å². The summed E-state index contributed by atoms with van der Waals surface area (Å²) in [6.07, 6.45) is -1.08. The van der Waals surface area contributed by atoms with Crippen LogP contribution < -0.4 is 5.32 Å². The molecule has 0 aliphatic carbocycles. The molecule has 1 atom stereocenters. The van der Waals surface area contributed by atoms with E-state index in [0.717, 1.165) is 11.5 Å². The lowest BCUT2D eigenvalue weighted by atomic mass is 10.2. The van der Waals surface area contributed by atoms with Crippen LogP contribution in [0, 0.1) is 5.82 Å². The fourth-order valence-corrected chi connectivity index (χ4v) is 2.35. The van der Waals surface area contributed by atoms with E-state index < -0.39 is 23.8 Å². The maximum absolute atomic E-state index is 13.1. The third-order valence-electron chi connectivity index (χ3n) is 3.47. The molecule has 3 aromatic rings. The molecule has 0 saturated heterocycles. The zero-order valence-corrected chi connectivity index (χ0v) is 13.8. The van der Waals surface area contributed by atoms with Gasteiger partial charge in [0.1, 0.15) is 11.4 Å². The Morgan fingerprint density at radius 2 is 1.96 bits per heavy atom. The van der Waals surface area contributed by atoms with E-state index in [-0.39, 0.29) is 10.8 Å². The van der Waals surface area contributed by atoms with Gasteiger partial charge in [0.2, 0.25) is 5.76 Å². The Bertz CT molecular complexity index is 920. The van der Waals surface area contributed by atoms with Gasteiger partial charge in [-0.05, 0) is 37.3 Å². The molecule has 0 unspecified atom stereocenters. The van der Waals surface area contributed by atoms with E-state index in [0.29, 0.717) is 11.3 Å². The molecule has 1 aromatic heterocycles. The highest BCUT2D eigenvalue weighted by Crippen LogP contribution is 2.21. The highest BCUT2D eigenvalue weighted by Gasteiger charge is 2.21. The molecular formula is C18H13ClFNO4. The van der Waals surface area contributed by atoms with Gasteiger partial charge in [-0.25, -0.2) is 9.18 Å². The number of halogens is 2. The minimum Gasteiger partial charge on any atom is -0.449 e. The normalized spacial score (nSPS) is 12.0. The van der Waals surface area contributed by atoms with Gasteiger partial charge in [-0.2, -0.15) is 0 Å². The van der Waals surface area contributed by atoms with E-state index in [9.17, 15) is 14.0 Å². The summed E-state index contributed by atoms with van der Waals surface area (Å²) < 4.78 is 23.6. The largest absolute Gasteiger partial charge is 0.449 e. The molecule has 3 rings (SSSR count). The minimum absolute atomic E-state index is 0.00526. The standard InChI is InChI=1S/C18H13ClFNO4/c1-10(17(22)21-12-6-7-14(20)13(19)9-12)24-18(23)16-8-11-4-2-3-5-15(11)25-16/h2-10H,1H3,(H,21,22)/t10-/m1/s1. The molecule has 25 heavy (non-hydrogen) atoms. The summed E-state index contributed by atoms with van der Waals surface area (Å²) in [7, 11) is 0. The van der Waals surface area contributed by atoms with Gasteiger partial charge < -0.3 is 14.5 Å². The van der Waals surface area contributed by atoms with Crippen molar-refractivity contribution in [2.24, 2.45) is 0 Å². The molecular weight excluding hydrogens is 349 g/mol. The maximum atomic E-state index is 13.1. The Hall–Kier alpha value is -2.86. The van der Waals surface area contributed by atoms with Gasteiger partial charge in [0, 0.05) is 11.1 Å². The van der Waals surface area contributed by atoms with Crippen molar-refractivity contribution in [3.8, 4) is 0 Å². The van der Waals surface area contributed by atoms with Crippen molar-refractivity contribution in [3.05, 3.63) is 65.1 Å². The van der Waals surface area contributed by atoms with Crippen LogP contribution in [0.15, 0.2) is 52.9 Å². The van der Waals surface area contributed by atoms with Gasteiger partial charge in [0.05, 0.1) is 5.02 Å². The molecule has 0 radical (unpaired) electrons. The number of ether oxygens (including phenoxy) is 1. The number of hydrogen-bond donors (Lipinski definition) is 1. The Labute approximate surface area is 147 Å². The molecule has 0 aliphatic heterocycles. The van der Waals surface area contributed by atoms with Crippen LogP contribution >= 0.6 is 11.6 Å². The number of carbonyl (C=O) groups is 2. The van der Waals surface area contributed by atoms with Gasteiger partial charge in [-0.3, -0.25) is 4.79 Å². The molecule has 7 heteroatoms. The number of nitrogens with one attached hydrogen (secondary N) is 1. The number of esters is 1. The van der Waals surface area contributed by atoms with Gasteiger partial charge in [-0.1, -0.05) is 29.8 Å². The Morgan fingerprint density at radius 3 is 2.68 bits per heavy atom. The summed E-state index contributed by atoms with van der Waals surface area (Å²) in [5.41, 5.74) is 0.843. The molecule has 5 nitrogen and oxygen atoms in total. The lowest BCUT2D eigenvalue weighted by Gasteiger charge is -2.13. The van der Waals surface area contributed by atoms with Gasteiger partial charge in [-0.15, -0.1) is 0 Å². The van der Waals surface area contributed by atoms with Crippen molar-refractivity contribution in [1.82, 2.24) is 0 Å². The Morgan fingerprint density at radius 1 is 1.20 bits per heavy atom. The van der Waals surface area contributed by atoms with Crippen molar-refractivity contribution < 1.29 is 23.1 Å². The molecule has 0 fully saturated rings. The Balaban J connectivity index is 1.65. The third-order valence-corrected chi connectivity index (χ3v) is 3.76. The molecule has 1 amide bonds. The average molecular weight is 362 g/mol. The fourth-order valence-electron chi connectivity index (χ4n) is 2.17. The van der Waals surface area contributed by atoms with Crippen LogP contribution in [0.25, 0.3) is 11.0 Å². The van der Waals surface area contributed by atoms with E-state index in [1.54, 1.807) is 24.3 Å². The van der Waals surface area contributed by atoms with Crippen LogP contribution in [-0.4, -0.2) is 18.0 Å². The molecule has 0 spiro atoms. The quantitative estimate of drug-likeness (QED) is 0.699. The fraction of sp³-hybridized carbons (Fsp3) is 0.111. The number of anilines is 1. The number of para-hydroxylation sites is 1. The van der Waals surface area contributed by atoms with Crippen LogP contribution in [0.5, 0.6) is 0 Å². The summed E-state index contributed by atoms with van der Waals surface area (Å²) in [5.74, 6) is -1.92. The first-order valence-corrected chi connectivity index (χ1v) is 7.77. The lowest BCUT2D eigenvalue weighted by Crippen LogP contribution is -2.29. The van der Waals surface area contributed by atoms with Crippen molar-refractivity contribution in [3.63, 3.8) is 0 Å². The molecule has 0 bridgehead atoms. The van der Waals surface area contributed by atoms with Crippen molar-refractivity contribution in [1.29, 1.82) is 0 Å². The highest BCUT2D eigenvalue weighted by atomic mass is 35.5. The first-order chi connectivity index (χ1) is 11.9. The second kappa shape index (κ2) is 6.94. The predicted molar refractivity (Wildman–Crippen MR) is 91.1 cm³/mol. The number of hydrogen-bond acceptors (Lipinski definition) is 4. The first-order valence-electron chi connectivity index (χ1n) is 7.39. The van der Waals surface area contributed by atoms with Crippen LogP contribution in [0.4, 0.5) is 10.1 Å². The van der Waals surface area contributed by atoms with Crippen molar-refractivity contribution in [2.45, 2.75) is 13.0 Å². The van der Waals surface area contributed by atoms with Crippen molar-refractivity contribution >= 4 is 40.1 Å². The summed E-state index contributed by atoms with van der Waals surface area (Å²) >= 11 is 5.66. The number of carbonyl (C=O) groups excluding carboxylic acids is 2. The average Bonchev–Trinajstić information content (AvgIpc) is 3.02. The van der Waals surface area contributed by atoms with Crippen molar-refractivity contribution in [2.75, 3.05) is 5.32 Å². The number of rotatable bonds is 4. The summed E-state index contributed by atoms with van der Waals surface area (Å²) in [5, 5.41) is 3.13. The van der Waals surface area contributed by atoms with Crippen LogP contribution in [0.3, 0.4) is 0 Å². The summed E-state index contributed by atoms with van der Waals surface area (Å²) in [4.78, 5) is 24.2. The summed E-state index contributed by atoms with van der Waals surface area (Å²) in [6.45, 7) is 1.42. The SMILES string of the molecule is C[C@@H](OC(=O)c1cc2ccccc2o1)C(=O)Nc1ccc(F)c(Cl)c1. The Kier molecular flexibility index (Phi) is 4.72. The second-order valence-corrected chi connectivity index (χ2v) is 5.72. The van der Waals surface area contributed by atoms with Crippen LogP contribution in [0.2, 0.25) is 5.02 Å². The van der Waals surface area contributed by atoms with Gasteiger partial charge in [0.15, 0.2) is 6.10 Å². The lowest BCUT2D eigenvalue weighted by molar-refractivity contribution is -0.123. The predicted octanol–water partition coefficient (Wildman–Crippen LogP) is 4.41. The zero-order valence-electron chi connectivity index (χ0n) is 13.1. The number of benzene rings is 2. The molecule has 0 aliphatic rings. The van der Waals surface area contributed by atoms with Gasteiger partial charge in [0.25, 0.3) is 5.91 Å². The number of furan rings is 1. The zero-order chi connectivity index (χ0) is 18.0. The molecule has 0 saturated carbocycles. The summed E-state index contributed by atoms with van der Waals surface area (Å²) in [6, 6.07) is 12.4. The van der Waals surface area contributed by atoms with Gasteiger partial charge >= 0.3 is 5.97 Å². The van der Waals surface area contributed by atoms with E-state index in [1.165, 1.54) is 19.1 Å². The second-order valence-electron chi connectivity index (χ2n) is 5.31. The topological polar surface area (TPSA) is 68.5 Å². The molecule has 1 N–H and O–H groups in total. The highest BCUT2D eigenvalue weighted by molar-refractivity contribution is 6.31. The third kappa shape index (κ3) is 3.80. The molecule has 128 valence electrons. The first kappa shape index (κ1) is 17.0. The van der Waals surface area contributed by atoms with E-state index in [4.69, 9.17) is 20.8 Å². The van der Waals surface area contributed by atoms with E-state index in [1.807, 2.05) is 6.07 Å². The number of fused-ring (bicyclic) bond motifs is 1. The maximum Gasteiger partial charge on any atom is 0.375 e. The number of amides is 1. The van der Waals surface area contributed by atoms with E-state index >= 15 is 0 Å². The molecule has 1 heterocycles. The van der Waals surface area contributed by atoms with Crippen LogP contribution in [-0.2, 0) is 9.53 Å². The minimum atomic E-state index is -1.08.